The Kier molecular flexibility index (Phi) is 3.65. The highest BCUT2D eigenvalue weighted by Crippen LogP contribution is 2.48. The van der Waals surface area contributed by atoms with Gasteiger partial charge < -0.3 is 19.5 Å². The molecule has 3 heterocycles. The van der Waals surface area contributed by atoms with E-state index in [0.717, 1.165) is 6.42 Å². The number of ether oxygens (including phenoxy) is 2. The molecule has 2 aliphatic heterocycles. The largest absolute Gasteiger partial charge is 0.484 e. The van der Waals surface area contributed by atoms with E-state index in [1.54, 1.807) is 24.8 Å². The minimum atomic E-state index is -0.855. The second-order valence-corrected chi connectivity index (χ2v) is 7.20. The van der Waals surface area contributed by atoms with Crippen molar-refractivity contribution in [2.24, 2.45) is 0 Å². The first kappa shape index (κ1) is 15.3. The minimum Gasteiger partial charge on any atom is -0.484 e. The Labute approximate surface area is 132 Å². The van der Waals surface area contributed by atoms with Crippen LogP contribution in [0.15, 0.2) is 6.07 Å². The molecule has 0 radical (unpaired) electrons. The van der Waals surface area contributed by atoms with Gasteiger partial charge in [-0.3, -0.25) is 4.79 Å². The van der Waals surface area contributed by atoms with Crippen molar-refractivity contribution in [1.82, 2.24) is 4.90 Å². The number of amides is 1. The van der Waals surface area contributed by atoms with Crippen LogP contribution in [-0.2, 0) is 9.53 Å². The molecule has 2 aliphatic rings. The van der Waals surface area contributed by atoms with Crippen molar-refractivity contribution in [3.63, 3.8) is 0 Å². The quantitative estimate of drug-likeness (QED) is 0.838. The number of aliphatic hydroxyl groups excluding tert-OH is 1. The molecule has 0 saturated carbocycles. The average molecular weight is 325 g/mol. The van der Waals surface area contributed by atoms with E-state index in [2.05, 4.69) is 0 Å². The van der Waals surface area contributed by atoms with Gasteiger partial charge in [-0.05, 0) is 20.3 Å². The van der Waals surface area contributed by atoms with Crippen LogP contribution in [0, 0.1) is 0 Å². The van der Waals surface area contributed by atoms with Gasteiger partial charge in [-0.25, -0.2) is 4.79 Å². The zero-order valence-corrected chi connectivity index (χ0v) is 13.6. The molecular weight excluding hydrogens is 306 g/mol. The second-order valence-electron chi connectivity index (χ2n) is 6.12. The minimum absolute atomic E-state index is 0.0284. The summed E-state index contributed by atoms with van der Waals surface area (Å²) >= 11 is 1.22. The average Bonchev–Trinajstić information content (AvgIpc) is 3.05. The lowest BCUT2D eigenvalue weighted by atomic mass is 9.90. The molecule has 2 atom stereocenters. The normalized spacial score (nSPS) is 26.5. The Hall–Kier alpha value is -1.60. The molecule has 120 valence electrons. The van der Waals surface area contributed by atoms with Crippen molar-refractivity contribution in [3.05, 3.63) is 15.8 Å². The number of carbonyl (C=O) groups excluding carboxylic acids is 2. The van der Waals surface area contributed by atoms with Crippen molar-refractivity contribution >= 4 is 23.2 Å². The van der Waals surface area contributed by atoms with Gasteiger partial charge >= 0.3 is 5.97 Å². The van der Waals surface area contributed by atoms with Gasteiger partial charge in [0.1, 0.15) is 22.3 Å². The fourth-order valence-corrected chi connectivity index (χ4v) is 4.17. The van der Waals surface area contributed by atoms with E-state index in [1.165, 1.54) is 18.4 Å². The lowest BCUT2D eigenvalue weighted by molar-refractivity contribution is -0.139. The van der Waals surface area contributed by atoms with E-state index in [-0.39, 0.29) is 5.91 Å². The maximum absolute atomic E-state index is 12.1. The molecule has 1 aromatic heterocycles. The van der Waals surface area contributed by atoms with E-state index in [9.17, 15) is 14.7 Å². The topological polar surface area (TPSA) is 76.1 Å². The van der Waals surface area contributed by atoms with Gasteiger partial charge in [0.15, 0.2) is 0 Å². The zero-order chi connectivity index (χ0) is 16.1. The number of likely N-dealkylation sites (tertiary alicyclic amines) is 1. The van der Waals surface area contributed by atoms with Crippen LogP contribution in [-0.4, -0.2) is 47.2 Å². The summed E-state index contributed by atoms with van der Waals surface area (Å²) in [6, 6.07) is 1.16. The Bertz CT molecular complexity index is 623. The third kappa shape index (κ3) is 2.28. The Morgan fingerprint density at radius 2 is 2.27 bits per heavy atom. The molecule has 0 unspecified atom stereocenters. The van der Waals surface area contributed by atoms with Gasteiger partial charge in [-0.1, -0.05) is 0 Å². The van der Waals surface area contributed by atoms with E-state index < -0.39 is 23.7 Å². The number of esters is 1. The highest BCUT2D eigenvalue weighted by Gasteiger charge is 2.48. The first-order valence-electron chi connectivity index (χ1n) is 7.23. The van der Waals surface area contributed by atoms with Gasteiger partial charge in [0, 0.05) is 19.0 Å². The number of nitrogens with zero attached hydrogens (tertiary/aromatic N) is 1. The van der Waals surface area contributed by atoms with E-state index in [4.69, 9.17) is 9.47 Å². The molecule has 22 heavy (non-hydrogen) atoms. The van der Waals surface area contributed by atoms with Gasteiger partial charge in [-0.15, -0.1) is 11.3 Å². The van der Waals surface area contributed by atoms with Crippen LogP contribution in [0.1, 0.15) is 47.3 Å². The number of thiophene rings is 1. The van der Waals surface area contributed by atoms with Gasteiger partial charge in [-0.2, -0.15) is 0 Å². The molecular formula is C15H19NO5S. The van der Waals surface area contributed by atoms with Crippen molar-refractivity contribution in [2.75, 3.05) is 13.7 Å². The van der Waals surface area contributed by atoms with E-state index >= 15 is 0 Å². The van der Waals surface area contributed by atoms with Crippen LogP contribution >= 0.6 is 11.3 Å². The molecule has 7 heteroatoms. The van der Waals surface area contributed by atoms with Gasteiger partial charge in [0.2, 0.25) is 5.91 Å². The Balaban J connectivity index is 2.07. The monoisotopic (exact) mass is 325 g/mol. The molecule has 0 bridgehead atoms. The zero-order valence-electron chi connectivity index (χ0n) is 12.8. The standard InChI is InChI=1S/C15H19NO5S/c1-15(2)13(18)11(16-6-4-5-10(16)17)12-8(21-15)7-9(22-12)14(19)20-3/h7,11,13,18H,4-6H2,1-3H3/t11-,13+/m1/s1. The maximum atomic E-state index is 12.1. The Morgan fingerprint density at radius 3 is 2.86 bits per heavy atom. The van der Waals surface area contributed by atoms with E-state index in [0.29, 0.717) is 28.5 Å². The molecule has 1 saturated heterocycles. The molecule has 0 aromatic carbocycles. The molecule has 1 fully saturated rings. The van der Waals surface area contributed by atoms with Crippen molar-refractivity contribution in [3.8, 4) is 5.75 Å². The molecule has 3 rings (SSSR count). The van der Waals surface area contributed by atoms with Crippen LogP contribution in [0.2, 0.25) is 0 Å². The first-order chi connectivity index (χ1) is 10.3. The molecule has 0 spiro atoms. The van der Waals surface area contributed by atoms with Crippen molar-refractivity contribution < 1.29 is 24.2 Å². The number of aliphatic hydroxyl groups is 1. The summed E-state index contributed by atoms with van der Waals surface area (Å²) < 4.78 is 10.6. The van der Waals surface area contributed by atoms with Crippen molar-refractivity contribution in [2.45, 2.75) is 44.4 Å². The first-order valence-corrected chi connectivity index (χ1v) is 8.05. The highest BCUT2D eigenvalue weighted by molar-refractivity contribution is 7.14. The van der Waals surface area contributed by atoms with Gasteiger partial charge in [0.25, 0.3) is 0 Å². The fraction of sp³-hybridized carbons (Fsp3) is 0.600. The number of hydrogen-bond donors (Lipinski definition) is 1. The lowest BCUT2D eigenvalue weighted by Gasteiger charge is -2.43. The molecule has 6 nitrogen and oxygen atoms in total. The van der Waals surface area contributed by atoms with Crippen LogP contribution in [0.4, 0.5) is 0 Å². The summed E-state index contributed by atoms with van der Waals surface area (Å²) in [5.41, 5.74) is -0.838. The lowest BCUT2D eigenvalue weighted by Crippen LogP contribution is -2.53. The molecule has 0 aliphatic carbocycles. The van der Waals surface area contributed by atoms with Crippen LogP contribution < -0.4 is 4.74 Å². The number of fused-ring (bicyclic) bond motifs is 1. The van der Waals surface area contributed by atoms with Crippen LogP contribution in [0.5, 0.6) is 5.75 Å². The number of carbonyl (C=O) groups is 2. The SMILES string of the molecule is COC(=O)c1cc2c(s1)[C@@H](N1CCCC1=O)[C@H](O)C(C)(C)O2. The summed E-state index contributed by atoms with van der Waals surface area (Å²) in [6.45, 7) is 4.18. The molecule has 1 amide bonds. The third-order valence-corrected chi connectivity index (χ3v) is 5.38. The summed E-state index contributed by atoms with van der Waals surface area (Å²) in [5, 5.41) is 10.7. The summed E-state index contributed by atoms with van der Waals surface area (Å²) in [5.74, 6) is 0.132. The van der Waals surface area contributed by atoms with Crippen LogP contribution in [0.3, 0.4) is 0 Å². The van der Waals surface area contributed by atoms with Gasteiger partial charge in [0.05, 0.1) is 18.0 Å². The smallest absolute Gasteiger partial charge is 0.348 e. The van der Waals surface area contributed by atoms with Crippen LogP contribution in [0.25, 0.3) is 0 Å². The highest BCUT2D eigenvalue weighted by atomic mass is 32.1. The van der Waals surface area contributed by atoms with E-state index in [1.807, 2.05) is 0 Å². The summed E-state index contributed by atoms with van der Waals surface area (Å²) in [6.07, 6.45) is 0.425. The molecule has 1 N–H and O–H groups in total. The maximum Gasteiger partial charge on any atom is 0.348 e. The Morgan fingerprint density at radius 1 is 1.55 bits per heavy atom. The third-order valence-electron chi connectivity index (χ3n) is 4.21. The predicted molar refractivity (Wildman–Crippen MR) is 80.1 cm³/mol. The second kappa shape index (κ2) is 5.24. The number of rotatable bonds is 2. The fourth-order valence-electron chi connectivity index (χ4n) is 3.02. The summed E-state index contributed by atoms with van der Waals surface area (Å²) in [7, 11) is 1.32. The summed E-state index contributed by atoms with van der Waals surface area (Å²) in [4.78, 5) is 26.7. The predicted octanol–water partition coefficient (Wildman–Crippen LogP) is 1.73. The number of methoxy groups -OCH3 is 1. The van der Waals surface area contributed by atoms with Crippen molar-refractivity contribution in [1.29, 1.82) is 0 Å². The molecule has 1 aromatic rings. The number of hydrogen-bond acceptors (Lipinski definition) is 6.